The summed E-state index contributed by atoms with van der Waals surface area (Å²) in [4.78, 5) is 0. The highest BCUT2D eigenvalue weighted by molar-refractivity contribution is 5.24. The Balaban J connectivity index is 2.38. The first-order chi connectivity index (χ1) is 7.63. The summed E-state index contributed by atoms with van der Waals surface area (Å²) in [6, 6.07) is 9.66. The molecule has 0 aliphatic rings. The van der Waals surface area contributed by atoms with E-state index in [0.717, 1.165) is 13.0 Å². The summed E-state index contributed by atoms with van der Waals surface area (Å²) >= 11 is 0. The minimum atomic E-state index is 0.632. The number of benzene rings is 1. The molecule has 1 nitrogen and oxygen atoms in total. The number of rotatable bonds is 6. The maximum atomic E-state index is 3.52. The molecule has 16 heavy (non-hydrogen) atoms. The zero-order valence-corrected chi connectivity index (χ0v) is 11.1. The fourth-order valence-corrected chi connectivity index (χ4v) is 1.68. The van der Waals surface area contributed by atoms with Crippen LogP contribution in [0.4, 0.5) is 0 Å². The molecule has 0 aromatic heterocycles. The molecule has 0 bridgehead atoms. The highest BCUT2D eigenvalue weighted by atomic mass is 14.9. The van der Waals surface area contributed by atoms with Crippen molar-refractivity contribution in [2.45, 2.75) is 52.5 Å². The Morgan fingerprint density at radius 2 is 1.69 bits per heavy atom. The molecule has 0 radical (unpaired) electrons. The predicted octanol–water partition coefficient (Wildman–Crippen LogP) is 3.74. The zero-order chi connectivity index (χ0) is 12.0. The lowest BCUT2D eigenvalue weighted by molar-refractivity contribution is 0.537. The first kappa shape index (κ1) is 13.2. The van der Waals surface area contributed by atoms with Crippen LogP contribution in [-0.2, 0) is 6.42 Å². The van der Waals surface area contributed by atoms with E-state index in [0.29, 0.717) is 12.0 Å². The first-order valence-corrected chi connectivity index (χ1v) is 6.45. The van der Waals surface area contributed by atoms with Crippen LogP contribution in [0.15, 0.2) is 24.3 Å². The van der Waals surface area contributed by atoms with Crippen LogP contribution in [0.5, 0.6) is 0 Å². The van der Waals surface area contributed by atoms with Gasteiger partial charge in [0.2, 0.25) is 0 Å². The molecule has 1 aromatic rings. The maximum absolute atomic E-state index is 3.52. The molecule has 0 saturated heterocycles. The lowest BCUT2D eigenvalue weighted by atomic mass is 10.0. The normalized spacial score (nSPS) is 13.1. The van der Waals surface area contributed by atoms with Crippen molar-refractivity contribution in [1.82, 2.24) is 5.32 Å². The predicted molar refractivity (Wildman–Crippen MR) is 72.0 cm³/mol. The molecule has 0 aliphatic carbocycles. The van der Waals surface area contributed by atoms with Gasteiger partial charge in [0.25, 0.3) is 0 Å². The quantitative estimate of drug-likeness (QED) is 0.768. The minimum absolute atomic E-state index is 0.632. The third-order valence-electron chi connectivity index (χ3n) is 3.17. The molecule has 0 heterocycles. The molecule has 1 unspecified atom stereocenters. The van der Waals surface area contributed by atoms with Crippen molar-refractivity contribution in [3.05, 3.63) is 35.4 Å². The van der Waals surface area contributed by atoms with E-state index in [1.165, 1.54) is 17.5 Å². The number of nitrogens with one attached hydrogen (secondary N) is 1. The largest absolute Gasteiger partial charge is 0.314 e. The maximum Gasteiger partial charge on any atom is 0.00362 e. The summed E-state index contributed by atoms with van der Waals surface area (Å²) < 4.78 is 0. The average Bonchev–Trinajstić information content (AvgIpc) is 2.29. The highest BCUT2D eigenvalue weighted by Crippen LogP contribution is 2.14. The van der Waals surface area contributed by atoms with Gasteiger partial charge >= 0.3 is 0 Å². The van der Waals surface area contributed by atoms with Crippen molar-refractivity contribution in [2.75, 3.05) is 6.54 Å². The highest BCUT2D eigenvalue weighted by Gasteiger charge is 2.00. The van der Waals surface area contributed by atoms with Gasteiger partial charge in [-0.3, -0.25) is 0 Å². The summed E-state index contributed by atoms with van der Waals surface area (Å²) in [6.07, 6.45) is 2.33. The second-order valence-electron chi connectivity index (χ2n) is 4.91. The van der Waals surface area contributed by atoms with Gasteiger partial charge < -0.3 is 5.32 Å². The summed E-state index contributed by atoms with van der Waals surface area (Å²) in [5.74, 6) is 0.632. The molecule has 1 N–H and O–H groups in total. The van der Waals surface area contributed by atoms with Gasteiger partial charge in [0.05, 0.1) is 0 Å². The SMILES string of the molecule is CCC(C)NCCc1ccc(C(C)C)cc1. The fraction of sp³-hybridized carbons (Fsp3) is 0.600. The first-order valence-electron chi connectivity index (χ1n) is 6.45. The van der Waals surface area contributed by atoms with Crippen LogP contribution < -0.4 is 5.32 Å². The van der Waals surface area contributed by atoms with Gasteiger partial charge in [0.15, 0.2) is 0 Å². The van der Waals surface area contributed by atoms with Crippen molar-refractivity contribution >= 4 is 0 Å². The van der Waals surface area contributed by atoms with E-state index in [9.17, 15) is 0 Å². The van der Waals surface area contributed by atoms with E-state index in [-0.39, 0.29) is 0 Å². The van der Waals surface area contributed by atoms with Gasteiger partial charge in [-0.15, -0.1) is 0 Å². The van der Waals surface area contributed by atoms with E-state index in [1.54, 1.807) is 0 Å². The molecule has 0 spiro atoms. The van der Waals surface area contributed by atoms with Crippen molar-refractivity contribution in [2.24, 2.45) is 0 Å². The second-order valence-corrected chi connectivity index (χ2v) is 4.91. The van der Waals surface area contributed by atoms with Gasteiger partial charge in [-0.2, -0.15) is 0 Å². The van der Waals surface area contributed by atoms with Gasteiger partial charge in [-0.25, -0.2) is 0 Å². The monoisotopic (exact) mass is 219 g/mol. The minimum Gasteiger partial charge on any atom is -0.314 e. The zero-order valence-electron chi connectivity index (χ0n) is 11.1. The lowest BCUT2D eigenvalue weighted by Crippen LogP contribution is -2.27. The Labute approximate surface area is 100 Å². The molecule has 1 rings (SSSR count). The number of hydrogen-bond acceptors (Lipinski definition) is 1. The molecular formula is C15H25N. The Morgan fingerprint density at radius 3 is 2.19 bits per heavy atom. The Hall–Kier alpha value is -0.820. The van der Waals surface area contributed by atoms with Crippen LogP contribution in [0, 0.1) is 0 Å². The topological polar surface area (TPSA) is 12.0 Å². The number of hydrogen-bond donors (Lipinski definition) is 1. The van der Waals surface area contributed by atoms with E-state index >= 15 is 0 Å². The molecular weight excluding hydrogens is 194 g/mol. The van der Waals surface area contributed by atoms with Crippen LogP contribution in [-0.4, -0.2) is 12.6 Å². The van der Waals surface area contributed by atoms with Crippen LogP contribution in [0.1, 0.15) is 51.2 Å². The lowest BCUT2D eigenvalue weighted by Gasteiger charge is -2.11. The van der Waals surface area contributed by atoms with Crippen LogP contribution >= 0.6 is 0 Å². The molecule has 90 valence electrons. The van der Waals surface area contributed by atoms with Crippen molar-refractivity contribution in [1.29, 1.82) is 0 Å². The Morgan fingerprint density at radius 1 is 1.06 bits per heavy atom. The smallest absolute Gasteiger partial charge is 0.00362 e. The molecule has 0 saturated carbocycles. The molecule has 0 amide bonds. The van der Waals surface area contributed by atoms with E-state index in [1.807, 2.05) is 0 Å². The van der Waals surface area contributed by atoms with Crippen LogP contribution in [0.25, 0.3) is 0 Å². The third-order valence-corrected chi connectivity index (χ3v) is 3.17. The van der Waals surface area contributed by atoms with E-state index < -0.39 is 0 Å². The summed E-state index contributed by atoms with van der Waals surface area (Å²) in [5.41, 5.74) is 2.86. The van der Waals surface area contributed by atoms with Crippen molar-refractivity contribution < 1.29 is 0 Å². The van der Waals surface area contributed by atoms with Gasteiger partial charge in [0, 0.05) is 6.04 Å². The standard InChI is InChI=1S/C15H25N/c1-5-13(4)16-11-10-14-6-8-15(9-7-14)12(2)3/h6-9,12-13,16H,5,10-11H2,1-4H3. The molecule has 0 fully saturated rings. The second kappa shape index (κ2) is 6.70. The summed E-state index contributed by atoms with van der Waals surface area (Å²) in [7, 11) is 0. The molecule has 1 atom stereocenters. The summed E-state index contributed by atoms with van der Waals surface area (Å²) in [6.45, 7) is 10.0. The van der Waals surface area contributed by atoms with E-state index in [4.69, 9.17) is 0 Å². The van der Waals surface area contributed by atoms with Gasteiger partial charge in [0.1, 0.15) is 0 Å². The fourth-order valence-electron chi connectivity index (χ4n) is 1.68. The van der Waals surface area contributed by atoms with Crippen molar-refractivity contribution in [3.8, 4) is 0 Å². The Kier molecular flexibility index (Phi) is 5.54. The summed E-state index contributed by atoms with van der Waals surface area (Å²) in [5, 5.41) is 3.52. The van der Waals surface area contributed by atoms with Gasteiger partial charge in [-0.1, -0.05) is 45.0 Å². The van der Waals surface area contributed by atoms with E-state index in [2.05, 4.69) is 57.3 Å². The average molecular weight is 219 g/mol. The molecule has 1 heteroatoms. The van der Waals surface area contributed by atoms with Crippen molar-refractivity contribution in [3.63, 3.8) is 0 Å². The molecule has 1 aromatic carbocycles. The van der Waals surface area contributed by atoms with Gasteiger partial charge in [-0.05, 0) is 43.4 Å². The Bertz CT molecular complexity index is 287. The van der Waals surface area contributed by atoms with Crippen LogP contribution in [0.3, 0.4) is 0 Å². The van der Waals surface area contributed by atoms with Crippen LogP contribution in [0.2, 0.25) is 0 Å². The molecule has 0 aliphatic heterocycles. The third kappa shape index (κ3) is 4.36.